The van der Waals surface area contributed by atoms with Crippen LogP contribution in [0.3, 0.4) is 0 Å². The molecule has 1 fully saturated rings. The van der Waals surface area contributed by atoms with Crippen molar-refractivity contribution >= 4 is 12.4 Å². The van der Waals surface area contributed by atoms with E-state index in [0.29, 0.717) is 0 Å². The number of alkyl halides is 3. The summed E-state index contributed by atoms with van der Waals surface area (Å²) in [4.78, 5) is 2.42. The molecule has 1 aromatic rings. The van der Waals surface area contributed by atoms with Crippen molar-refractivity contribution in [3.63, 3.8) is 0 Å². The van der Waals surface area contributed by atoms with E-state index in [4.69, 9.17) is 0 Å². The van der Waals surface area contributed by atoms with Crippen LogP contribution in [0.2, 0.25) is 0 Å². The molecule has 2 rings (SSSR count). The zero-order valence-corrected chi connectivity index (χ0v) is 14.8. The molecule has 0 spiro atoms. The van der Waals surface area contributed by atoms with Crippen LogP contribution in [0, 0.1) is 0 Å². The molecule has 1 aliphatic heterocycles. The minimum absolute atomic E-state index is 0. The van der Waals surface area contributed by atoms with Gasteiger partial charge in [-0.05, 0) is 24.1 Å². The number of benzene rings is 1. The van der Waals surface area contributed by atoms with Crippen LogP contribution in [-0.2, 0) is 0 Å². The van der Waals surface area contributed by atoms with Crippen molar-refractivity contribution in [3.05, 3.63) is 29.8 Å². The standard InChI is InChI=1S/C17H25F3N2O.ClH/c1-2-3-4-5-16(22-12-10-21-11-13-22)14-6-8-15(9-7-14)23-17(18,19)20;/h6-9,16,21H,2-5,10-13H2,1H3;1H/t16-;/m1./s1. The fourth-order valence-corrected chi connectivity index (χ4v) is 3.03. The fraction of sp³-hybridized carbons (Fsp3) is 0.647. The second kappa shape index (κ2) is 10.1. The molecule has 24 heavy (non-hydrogen) atoms. The van der Waals surface area contributed by atoms with E-state index in [2.05, 4.69) is 21.9 Å². The third-order valence-electron chi connectivity index (χ3n) is 4.17. The normalized spacial score (nSPS) is 17.2. The number of halogens is 4. The Morgan fingerprint density at radius 1 is 1.12 bits per heavy atom. The Balaban J connectivity index is 0.00000288. The van der Waals surface area contributed by atoms with E-state index in [1.807, 2.05) is 0 Å². The lowest BCUT2D eigenvalue weighted by Crippen LogP contribution is -2.45. The van der Waals surface area contributed by atoms with Crippen molar-refractivity contribution in [2.24, 2.45) is 0 Å². The smallest absolute Gasteiger partial charge is 0.406 e. The quantitative estimate of drug-likeness (QED) is 0.717. The molecule has 0 unspecified atom stereocenters. The van der Waals surface area contributed by atoms with Crippen molar-refractivity contribution in [1.82, 2.24) is 10.2 Å². The van der Waals surface area contributed by atoms with E-state index in [9.17, 15) is 13.2 Å². The van der Waals surface area contributed by atoms with E-state index < -0.39 is 6.36 Å². The number of unbranched alkanes of at least 4 members (excludes halogenated alkanes) is 2. The van der Waals surface area contributed by atoms with E-state index >= 15 is 0 Å². The molecule has 1 atom stereocenters. The van der Waals surface area contributed by atoms with Crippen molar-refractivity contribution in [2.45, 2.75) is 45.0 Å². The Hall–Kier alpha value is -0.980. The predicted molar refractivity (Wildman–Crippen MR) is 91.7 cm³/mol. The summed E-state index contributed by atoms with van der Waals surface area (Å²) >= 11 is 0. The van der Waals surface area contributed by atoms with Crippen LogP contribution in [0.15, 0.2) is 24.3 Å². The number of hydrogen-bond acceptors (Lipinski definition) is 3. The summed E-state index contributed by atoms with van der Waals surface area (Å²) in [5, 5.41) is 3.34. The SMILES string of the molecule is CCCCC[C@H](c1ccc(OC(F)(F)F)cc1)N1CCNCC1.Cl. The third-order valence-corrected chi connectivity index (χ3v) is 4.17. The molecular weight excluding hydrogens is 341 g/mol. The first-order valence-corrected chi connectivity index (χ1v) is 8.30. The van der Waals surface area contributed by atoms with Crippen LogP contribution in [0.4, 0.5) is 13.2 Å². The van der Waals surface area contributed by atoms with Gasteiger partial charge in [-0.2, -0.15) is 0 Å². The monoisotopic (exact) mass is 366 g/mol. The molecule has 1 aliphatic rings. The molecule has 0 aromatic heterocycles. The molecule has 0 radical (unpaired) electrons. The van der Waals surface area contributed by atoms with Gasteiger partial charge in [0.1, 0.15) is 5.75 Å². The lowest BCUT2D eigenvalue weighted by molar-refractivity contribution is -0.274. The van der Waals surface area contributed by atoms with Gasteiger partial charge in [0.15, 0.2) is 0 Å². The van der Waals surface area contributed by atoms with Gasteiger partial charge in [0.2, 0.25) is 0 Å². The summed E-state index contributed by atoms with van der Waals surface area (Å²) in [6, 6.07) is 6.62. The topological polar surface area (TPSA) is 24.5 Å². The van der Waals surface area contributed by atoms with Crippen LogP contribution in [0.25, 0.3) is 0 Å². The second-order valence-corrected chi connectivity index (χ2v) is 5.91. The summed E-state index contributed by atoms with van der Waals surface area (Å²) < 4.78 is 40.7. The molecule has 138 valence electrons. The maximum absolute atomic E-state index is 12.3. The summed E-state index contributed by atoms with van der Waals surface area (Å²) in [6.45, 7) is 6.03. The van der Waals surface area contributed by atoms with Crippen molar-refractivity contribution in [1.29, 1.82) is 0 Å². The number of hydrogen-bond donors (Lipinski definition) is 1. The highest BCUT2D eigenvalue weighted by Crippen LogP contribution is 2.30. The lowest BCUT2D eigenvalue weighted by Gasteiger charge is -2.35. The Kier molecular flexibility index (Phi) is 8.87. The van der Waals surface area contributed by atoms with Gasteiger partial charge < -0.3 is 10.1 Å². The zero-order chi connectivity index (χ0) is 16.7. The molecule has 0 amide bonds. The minimum atomic E-state index is -4.64. The zero-order valence-electron chi connectivity index (χ0n) is 13.9. The first-order valence-electron chi connectivity index (χ1n) is 8.30. The maximum Gasteiger partial charge on any atom is 0.573 e. The van der Waals surface area contributed by atoms with Gasteiger partial charge in [-0.25, -0.2) is 0 Å². The third kappa shape index (κ3) is 6.87. The van der Waals surface area contributed by atoms with Gasteiger partial charge in [0, 0.05) is 32.2 Å². The van der Waals surface area contributed by atoms with E-state index in [-0.39, 0.29) is 24.2 Å². The Morgan fingerprint density at radius 2 is 1.75 bits per heavy atom. The average Bonchev–Trinajstić information content (AvgIpc) is 2.52. The van der Waals surface area contributed by atoms with Crippen LogP contribution in [0.5, 0.6) is 5.75 Å². The highest BCUT2D eigenvalue weighted by molar-refractivity contribution is 5.85. The molecule has 0 aliphatic carbocycles. The number of rotatable bonds is 7. The number of nitrogens with zero attached hydrogens (tertiary/aromatic N) is 1. The minimum Gasteiger partial charge on any atom is -0.406 e. The van der Waals surface area contributed by atoms with Crippen molar-refractivity contribution in [3.8, 4) is 5.75 Å². The molecule has 1 saturated heterocycles. The van der Waals surface area contributed by atoms with E-state index in [0.717, 1.165) is 51.0 Å². The number of ether oxygens (including phenoxy) is 1. The Morgan fingerprint density at radius 3 is 2.29 bits per heavy atom. The first kappa shape index (κ1) is 21.1. The molecule has 0 bridgehead atoms. The fourth-order valence-electron chi connectivity index (χ4n) is 3.03. The van der Waals surface area contributed by atoms with Gasteiger partial charge in [-0.1, -0.05) is 38.3 Å². The van der Waals surface area contributed by atoms with Gasteiger partial charge in [-0.3, -0.25) is 4.90 Å². The highest BCUT2D eigenvalue weighted by Gasteiger charge is 2.31. The summed E-state index contributed by atoms with van der Waals surface area (Å²) in [7, 11) is 0. The predicted octanol–water partition coefficient (Wildman–Crippen LogP) is 4.53. The molecule has 1 N–H and O–H groups in total. The van der Waals surface area contributed by atoms with Gasteiger partial charge in [0.25, 0.3) is 0 Å². The van der Waals surface area contributed by atoms with E-state index in [1.54, 1.807) is 12.1 Å². The molecule has 0 saturated carbocycles. The van der Waals surface area contributed by atoms with Gasteiger partial charge >= 0.3 is 6.36 Å². The van der Waals surface area contributed by atoms with Crippen LogP contribution in [-0.4, -0.2) is 37.4 Å². The van der Waals surface area contributed by atoms with Crippen LogP contribution in [0.1, 0.15) is 44.2 Å². The second-order valence-electron chi connectivity index (χ2n) is 5.91. The van der Waals surface area contributed by atoms with Crippen LogP contribution >= 0.6 is 12.4 Å². The Bertz CT molecular complexity index is 462. The number of nitrogens with one attached hydrogen (secondary N) is 1. The van der Waals surface area contributed by atoms with Gasteiger partial charge in [0.05, 0.1) is 0 Å². The molecule has 3 nitrogen and oxygen atoms in total. The Labute approximate surface area is 148 Å². The maximum atomic E-state index is 12.3. The average molecular weight is 367 g/mol. The van der Waals surface area contributed by atoms with E-state index in [1.165, 1.54) is 18.6 Å². The summed E-state index contributed by atoms with van der Waals surface area (Å²) in [5.41, 5.74) is 1.07. The highest BCUT2D eigenvalue weighted by atomic mass is 35.5. The number of piperazine rings is 1. The van der Waals surface area contributed by atoms with Crippen molar-refractivity contribution < 1.29 is 17.9 Å². The molecule has 1 aromatic carbocycles. The summed E-state index contributed by atoms with van der Waals surface area (Å²) in [6.07, 6.45) is -0.135. The first-order chi connectivity index (χ1) is 11.0. The van der Waals surface area contributed by atoms with Crippen LogP contribution < -0.4 is 10.1 Å². The molecular formula is C17H26ClF3N2O. The molecule has 1 heterocycles. The molecule has 7 heteroatoms. The largest absolute Gasteiger partial charge is 0.573 e. The summed E-state index contributed by atoms with van der Waals surface area (Å²) in [5.74, 6) is -0.158. The van der Waals surface area contributed by atoms with Crippen molar-refractivity contribution in [2.75, 3.05) is 26.2 Å². The lowest BCUT2D eigenvalue weighted by atomic mass is 9.98. The van der Waals surface area contributed by atoms with Gasteiger partial charge in [-0.15, -0.1) is 25.6 Å².